The van der Waals surface area contributed by atoms with Gasteiger partial charge in [0.1, 0.15) is 0 Å². The topological polar surface area (TPSA) is 40.5 Å². The standard InChI is InChI=1S/C13H12O2/c1-9-7-8-11(14)13(15)12(9)10-5-3-2-4-6-10/h2-8,14-15H,1H3. The maximum absolute atomic E-state index is 9.78. The van der Waals surface area contributed by atoms with Crippen molar-refractivity contribution >= 4 is 0 Å². The first-order valence-electron chi connectivity index (χ1n) is 4.77. The van der Waals surface area contributed by atoms with Gasteiger partial charge >= 0.3 is 0 Å². The molecule has 0 radical (unpaired) electrons. The highest BCUT2D eigenvalue weighted by Gasteiger charge is 2.10. The van der Waals surface area contributed by atoms with E-state index in [1.165, 1.54) is 6.07 Å². The molecule has 0 aliphatic rings. The van der Waals surface area contributed by atoms with Gasteiger partial charge in [0.15, 0.2) is 11.5 Å². The second-order valence-corrected chi connectivity index (χ2v) is 3.49. The van der Waals surface area contributed by atoms with Gasteiger partial charge < -0.3 is 10.2 Å². The Morgan fingerprint density at radius 3 is 2.20 bits per heavy atom. The smallest absolute Gasteiger partial charge is 0.165 e. The van der Waals surface area contributed by atoms with Crippen LogP contribution in [0, 0.1) is 6.92 Å². The third kappa shape index (κ3) is 1.66. The van der Waals surface area contributed by atoms with Crippen LogP contribution in [0.5, 0.6) is 11.5 Å². The molecule has 0 unspecified atom stereocenters. The summed E-state index contributed by atoms with van der Waals surface area (Å²) in [6.07, 6.45) is 0. The lowest BCUT2D eigenvalue weighted by Crippen LogP contribution is -1.84. The van der Waals surface area contributed by atoms with E-state index in [2.05, 4.69) is 0 Å². The van der Waals surface area contributed by atoms with Crippen LogP contribution in [0.4, 0.5) is 0 Å². The highest BCUT2D eigenvalue weighted by molar-refractivity contribution is 5.76. The summed E-state index contributed by atoms with van der Waals surface area (Å²) in [5, 5.41) is 19.2. The van der Waals surface area contributed by atoms with Crippen LogP contribution in [0.2, 0.25) is 0 Å². The van der Waals surface area contributed by atoms with Crippen LogP contribution in [-0.4, -0.2) is 10.2 Å². The van der Waals surface area contributed by atoms with Crippen molar-refractivity contribution in [2.24, 2.45) is 0 Å². The first kappa shape index (κ1) is 9.59. The molecule has 0 heterocycles. The Hall–Kier alpha value is -1.96. The quantitative estimate of drug-likeness (QED) is 0.694. The van der Waals surface area contributed by atoms with Crippen molar-refractivity contribution in [1.29, 1.82) is 0 Å². The van der Waals surface area contributed by atoms with E-state index in [9.17, 15) is 10.2 Å². The predicted molar refractivity (Wildman–Crippen MR) is 59.9 cm³/mol. The number of benzene rings is 2. The number of phenols is 2. The van der Waals surface area contributed by atoms with E-state index < -0.39 is 0 Å². The number of rotatable bonds is 1. The highest BCUT2D eigenvalue weighted by Crippen LogP contribution is 2.38. The fraction of sp³-hybridized carbons (Fsp3) is 0.0769. The summed E-state index contributed by atoms with van der Waals surface area (Å²) in [4.78, 5) is 0. The number of aryl methyl sites for hydroxylation is 1. The molecule has 15 heavy (non-hydrogen) atoms. The largest absolute Gasteiger partial charge is 0.504 e. The van der Waals surface area contributed by atoms with E-state index in [0.717, 1.165) is 11.1 Å². The Balaban J connectivity index is 2.68. The molecule has 0 saturated heterocycles. The minimum Gasteiger partial charge on any atom is -0.504 e. The first-order valence-corrected chi connectivity index (χ1v) is 4.77. The molecule has 0 spiro atoms. The summed E-state index contributed by atoms with van der Waals surface area (Å²) in [6, 6.07) is 12.8. The molecular weight excluding hydrogens is 188 g/mol. The van der Waals surface area contributed by atoms with E-state index in [0.29, 0.717) is 5.56 Å². The average molecular weight is 200 g/mol. The maximum Gasteiger partial charge on any atom is 0.165 e. The second kappa shape index (κ2) is 3.65. The third-order valence-corrected chi connectivity index (χ3v) is 2.43. The molecule has 2 heteroatoms. The van der Waals surface area contributed by atoms with E-state index >= 15 is 0 Å². The normalized spacial score (nSPS) is 10.2. The molecule has 76 valence electrons. The van der Waals surface area contributed by atoms with Crippen LogP contribution in [-0.2, 0) is 0 Å². The SMILES string of the molecule is Cc1ccc(O)c(O)c1-c1ccccc1. The van der Waals surface area contributed by atoms with E-state index in [1.54, 1.807) is 6.07 Å². The van der Waals surface area contributed by atoms with Crippen molar-refractivity contribution < 1.29 is 10.2 Å². The number of hydrogen-bond donors (Lipinski definition) is 2. The summed E-state index contributed by atoms with van der Waals surface area (Å²) >= 11 is 0. The predicted octanol–water partition coefficient (Wildman–Crippen LogP) is 3.07. The molecule has 0 atom stereocenters. The van der Waals surface area contributed by atoms with Gasteiger partial charge in [-0.05, 0) is 24.1 Å². The zero-order valence-corrected chi connectivity index (χ0v) is 8.44. The van der Waals surface area contributed by atoms with Gasteiger partial charge in [-0.2, -0.15) is 0 Å². The van der Waals surface area contributed by atoms with Crippen LogP contribution in [0.25, 0.3) is 11.1 Å². The van der Waals surface area contributed by atoms with Crippen molar-refractivity contribution in [3.63, 3.8) is 0 Å². The zero-order chi connectivity index (χ0) is 10.8. The molecule has 2 N–H and O–H groups in total. The van der Waals surface area contributed by atoms with Crippen molar-refractivity contribution in [3.05, 3.63) is 48.0 Å². The summed E-state index contributed by atoms with van der Waals surface area (Å²) < 4.78 is 0. The molecule has 0 fully saturated rings. The summed E-state index contributed by atoms with van der Waals surface area (Å²) in [5.74, 6) is -0.138. The first-order chi connectivity index (χ1) is 7.20. The Morgan fingerprint density at radius 1 is 0.867 bits per heavy atom. The molecule has 0 bridgehead atoms. The van der Waals surface area contributed by atoms with Gasteiger partial charge in [0, 0.05) is 5.56 Å². The Bertz CT molecular complexity index is 475. The Kier molecular flexibility index (Phi) is 2.34. The van der Waals surface area contributed by atoms with Crippen LogP contribution in [0.15, 0.2) is 42.5 Å². The van der Waals surface area contributed by atoms with Crippen molar-refractivity contribution in [3.8, 4) is 22.6 Å². The van der Waals surface area contributed by atoms with Crippen molar-refractivity contribution in [2.45, 2.75) is 6.92 Å². The summed E-state index contributed by atoms with van der Waals surface area (Å²) in [7, 11) is 0. The fourth-order valence-electron chi connectivity index (χ4n) is 1.65. The summed E-state index contributed by atoms with van der Waals surface area (Å²) in [5.41, 5.74) is 2.54. The lowest BCUT2D eigenvalue weighted by molar-refractivity contribution is 0.405. The molecule has 0 aliphatic heterocycles. The van der Waals surface area contributed by atoms with E-state index in [1.807, 2.05) is 37.3 Å². The molecule has 2 rings (SSSR count). The minimum absolute atomic E-state index is 0.0544. The van der Waals surface area contributed by atoms with Crippen molar-refractivity contribution in [1.82, 2.24) is 0 Å². The van der Waals surface area contributed by atoms with Gasteiger partial charge in [-0.15, -0.1) is 0 Å². The minimum atomic E-state index is -0.0838. The van der Waals surface area contributed by atoms with Gasteiger partial charge in [0.05, 0.1) is 0 Å². The molecule has 0 saturated carbocycles. The van der Waals surface area contributed by atoms with Gasteiger partial charge in [-0.3, -0.25) is 0 Å². The molecule has 2 aromatic carbocycles. The Morgan fingerprint density at radius 2 is 1.53 bits per heavy atom. The molecule has 2 aromatic rings. The van der Waals surface area contributed by atoms with Crippen molar-refractivity contribution in [2.75, 3.05) is 0 Å². The molecule has 0 aromatic heterocycles. The maximum atomic E-state index is 9.78. The number of aromatic hydroxyl groups is 2. The monoisotopic (exact) mass is 200 g/mol. The zero-order valence-electron chi connectivity index (χ0n) is 8.44. The fourth-order valence-corrected chi connectivity index (χ4v) is 1.65. The van der Waals surface area contributed by atoms with Crippen LogP contribution < -0.4 is 0 Å². The number of hydrogen-bond acceptors (Lipinski definition) is 2. The van der Waals surface area contributed by atoms with Crippen LogP contribution in [0.3, 0.4) is 0 Å². The van der Waals surface area contributed by atoms with Gasteiger partial charge in [0.25, 0.3) is 0 Å². The molecule has 0 amide bonds. The third-order valence-electron chi connectivity index (χ3n) is 2.43. The van der Waals surface area contributed by atoms with Gasteiger partial charge in [0.2, 0.25) is 0 Å². The lowest BCUT2D eigenvalue weighted by Gasteiger charge is -2.09. The molecular formula is C13H12O2. The second-order valence-electron chi connectivity index (χ2n) is 3.49. The molecule has 2 nitrogen and oxygen atoms in total. The average Bonchev–Trinajstić information content (AvgIpc) is 2.26. The van der Waals surface area contributed by atoms with Gasteiger partial charge in [-0.1, -0.05) is 36.4 Å². The molecule has 0 aliphatic carbocycles. The van der Waals surface area contributed by atoms with Crippen LogP contribution in [0.1, 0.15) is 5.56 Å². The number of phenolic OH excluding ortho intramolecular Hbond substituents is 2. The highest BCUT2D eigenvalue weighted by atomic mass is 16.3. The summed E-state index contributed by atoms with van der Waals surface area (Å²) in [6.45, 7) is 1.90. The lowest BCUT2D eigenvalue weighted by atomic mass is 9.99. The van der Waals surface area contributed by atoms with E-state index in [-0.39, 0.29) is 11.5 Å². The van der Waals surface area contributed by atoms with Crippen LogP contribution >= 0.6 is 0 Å². The Labute approximate surface area is 88.4 Å². The van der Waals surface area contributed by atoms with E-state index in [4.69, 9.17) is 0 Å². The van der Waals surface area contributed by atoms with Gasteiger partial charge in [-0.25, -0.2) is 0 Å².